The number of nitrogens with one attached hydrogen (secondary N) is 1. The highest BCUT2D eigenvalue weighted by Crippen LogP contribution is 2.73. The molecule has 9 nitrogen and oxygen atoms in total. The molecule has 2 aliphatic rings. The van der Waals surface area contributed by atoms with Crippen LogP contribution in [0.5, 0.6) is 0 Å². The third kappa shape index (κ3) is 4.46. The molecule has 2 saturated carbocycles. The minimum Gasteiger partial charge on any atom is -0.383 e. The van der Waals surface area contributed by atoms with Crippen LogP contribution in [0.3, 0.4) is 0 Å². The summed E-state index contributed by atoms with van der Waals surface area (Å²) in [5.74, 6) is -2.97. The minimum absolute atomic E-state index is 0.00588. The van der Waals surface area contributed by atoms with E-state index in [1.54, 1.807) is 0 Å². The van der Waals surface area contributed by atoms with E-state index in [9.17, 15) is 35.9 Å². The summed E-state index contributed by atoms with van der Waals surface area (Å²) in [6.07, 6.45) is -8.53. The van der Waals surface area contributed by atoms with Gasteiger partial charge in [-0.05, 0) is 37.7 Å². The number of primary amides is 1. The zero-order chi connectivity index (χ0) is 29.2. The van der Waals surface area contributed by atoms with E-state index >= 15 is 0 Å². The normalized spacial score (nSPS) is 23.1. The summed E-state index contributed by atoms with van der Waals surface area (Å²) in [5, 5.41) is 10.2. The van der Waals surface area contributed by atoms with Crippen molar-refractivity contribution in [2.24, 2.45) is 17.1 Å². The number of rotatable bonds is 7. The molecule has 40 heavy (non-hydrogen) atoms. The Balaban J connectivity index is 1.24. The van der Waals surface area contributed by atoms with Crippen LogP contribution < -0.4 is 16.8 Å². The van der Waals surface area contributed by atoms with Crippen molar-refractivity contribution >= 4 is 23.5 Å². The van der Waals surface area contributed by atoms with E-state index in [2.05, 4.69) is 15.6 Å². The van der Waals surface area contributed by atoms with Gasteiger partial charge in [0, 0.05) is 17.5 Å². The second-order valence-corrected chi connectivity index (χ2v) is 10.3. The molecule has 2 heterocycles. The summed E-state index contributed by atoms with van der Waals surface area (Å²) in [5.41, 5.74) is 10.1. The molecule has 2 aromatic heterocycles. The van der Waals surface area contributed by atoms with Gasteiger partial charge >= 0.3 is 12.4 Å². The van der Waals surface area contributed by atoms with Crippen LogP contribution in [-0.2, 0) is 11.2 Å². The molecule has 15 heteroatoms. The smallest absolute Gasteiger partial charge is 0.383 e. The van der Waals surface area contributed by atoms with E-state index in [1.807, 2.05) is 0 Å². The van der Waals surface area contributed by atoms with Crippen LogP contribution in [0.15, 0.2) is 34.9 Å². The first-order chi connectivity index (χ1) is 18.6. The second kappa shape index (κ2) is 9.27. The fraction of sp³-hybridized carbons (Fsp3) is 0.440. The van der Waals surface area contributed by atoms with Gasteiger partial charge in [-0.25, -0.2) is 4.68 Å². The molecule has 5 N–H and O–H groups in total. The van der Waals surface area contributed by atoms with Crippen molar-refractivity contribution in [2.45, 2.75) is 56.9 Å². The van der Waals surface area contributed by atoms with E-state index in [0.717, 1.165) is 6.92 Å². The number of benzene rings is 1. The van der Waals surface area contributed by atoms with Gasteiger partial charge in [-0.15, -0.1) is 0 Å². The molecule has 0 spiro atoms. The van der Waals surface area contributed by atoms with Crippen LogP contribution in [0.2, 0.25) is 0 Å². The monoisotopic (exact) mass is 570 g/mol. The lowest BCUT2D eigenvalue weighted by molar-refractivity contribution is -0.319. The largest absolute Gasteiger partial charge is 0.410 e. The van der Waals surface area contributed by atoms with Gasteiger partial charge in [0.05, 0.1) is 17.5 Å². The highest BCUT2D eigenvalue weighted by Gasteiger charge is 2.73. The van der Waals surface area contributed by atoms with Crippen molar-refractivity contribution in [2.75, 3.05) is 11.1 Å². The zero-order valence-corrected chi connectivity index (χ0v) is 20.9. The van der Waals surface area contributed by atoms with Gasteiger partial charge in [-0.3, -0.25) is 14.9 Å². The molecular weight excluding hydrogens is 546 g/mol. The molecule has 0 aliphatic heterocycles. The molecule has 4 atom stereocenters. The maximum absolute atomic E-state index is 13.4. The molecule has 3 aromatic rings. The Labute approximate surface area is 222 Å². The van der Waals surface area contributed by atoms with Gasteiger partial charge in [0.2, 0.25) is 11.8 Å². The summed E-state index contributed by atoms with van der Waals surface area (Å²) in [6, 6.07) is 5.25. The van der Waals surface area contributed by atoms with E-state index in [-0.39, 0.29) is 47.9 Å². The van der Waals surface area contributed by atoms with Crippen LogP contribution >= 0.6 is 0 Å². The van der Waals surface area contributed by atoms with Gasteiger partial charge < -0.3 is 16.0 Å². The van der Waals surface area contributed by atoms with Crippen molar-refractivity contribution in [1.82, 2.24) is 14.9 Å². The van der Waals surface area contributed by atoms with E-state index in [0.29, 0.717) is 22.4 Å². The summed E-state index contributed by atoms with van der Waals surface area (Å²) in [6.45, 7) is 0.840. The number of hydrogen-bond donors (Lipinski definition) is 3. The summed E-state index contributed by atoms with van der Waals surface area (Å²) >= 11 is 0. The van der Waals surface area contributed by atoms with Gasteiger partial charge in [-0.2, -0.15) is 31.4 Å². The molecule has 2 fully saturated rings. The quantitative estimate of drug-likeness (QED) is 0.343. The van der Waals surface area contributed by atoms with E-state index in [4.69, 9.17) is 16.0 Å². The Bertz CT molecular complexity index is 1460. The number of fused-ring (bicyclic) bond motifs is 1. The standard InChI is InChI=1S/C25H24F6N6O3/c1-11(24(26,27)28)37-21(32)19(22(33)39)20(35-37)13-4-2-12(3-5-13)8-17(38)34-18-9-16(36-40-18)14-10-23(25(29,30)31)7-6-15(14)23/h2-5,9,11,14-15H,6-8,10,32H2,1H3,(H2,33,39)(H,34,38). The Morgan fingerprint density at radius 3 is 2.40 bits per heavy atom. The Morgan fingerprint density at radius 2 is 1.88 bits per heavy atom. The Morgan fingerprint density at radius 1 is 1.20 bits per heavy atom. The van der Waals surface area contributed by atoms with E-state index in [1.165, 1.54) is 30.3 Å². The van der Waals surface area contributed by atoms with E-state index < -0.39 is 47.4 Å². The van der Waals surface area contributed by atoms with Gasteiger partial charge in [-0.1, -0.05) is 29.4 Å². The molecule has 5 rings (SSSR count). The number of carbonyl (C=O) groups excluding carboxylic acids is 2. The number of alkyl halides is 6. The Kier molecular flexibility index (Phi) is 6.38. The van der Waals surface area contributed by atoms with Crippen molar-refractivity contribution in [3.05, 3.63) is 47.2 Å². The third-order valence-electron chi connectivity index (χ3n) is 8.04. The number of nitrogen functional groups attached to an aromatic ring is 1. The highest BCUT2D eigenvalue weighted by molar-refractivity contribution is 6.03. The topological polar surface area (TPSA) is 142 Å². The molecule has 0 saturated heterocycles. The molecule has 2 aliphatic carbocycles. The predicted molar refractivity (Wildman–Crippen MR) is 129 cm³/mol. The summed E-state index contributed by atoms with van der Waals surface area (Å²) < 4.78 is 85.3. The maximum atomic E-state index is 13.4. The number of hydrogen-bond acceptors (Lipinski definition) is 6. The lowest BCUT2D eigenvalue weighted by Gasteiger charge is -2.62. The number of anilines is 2. The van der Waals surface area contributed by atoms with Crippen molar-refractivity contribution in [3.8, 4) is 11.3 Å². The lowest BCUT2D eigenvalue weighted by Crippen LogP contribution is -2.62. The molecule has 1 aromatic carbocycles. The summed E-state index contributed by atoms with van der Waals surface area (Å²) in [4.78, 5) is 24.5. The fourth-order valence-electron chi connectivity index (χ4n) is 5.65. The third-order valence-corrected chi connectivity index (χ3v) is 8.04. The average Bonchev–Trinajstić information content (AvgIpc) is 3.43. The zero-order valence-electron chi connectivity index (χ0n) is 20.9. The van der Waals surface area contributed by atoms with Crippen LogP contribution in [0, 0.1) is 11.3 Å². The van der Waals surface area contributed by atoms with Crippen LogP contribution in [0.25, 0.3) is 11.3 Å². The first-order valence-electron chi connectivity index (χ1n) is 12.3. The number of nitrogens with two attached hydrogens (primary N) is 2. The number of carbonyl (C=O) groups is 2. The first kappa shape index (κ1) is 27.5. The minimum atomic E-state index is -4.67. The molecular formula is C25H24F6N6O3. The van der Waals surface area contributed by atoms with Crippen LogP contribution in [0.4, 0.5) is 38.0 Å². The number of halogens is 6. The second-order valence-electron chi connectivity index (χ2n) is 10.3. The fourth-order valence-corrected chi connectivity index (χ4v) is 5.65. The van der Waals surface area contributed by atoms with Crippen molar-refractivity contribution < 1.29 is 40.5 Å². The van der Waals surface area contributed by atoms with Gasteiger partial charge in [0.25, 0.3) is 5.91 Å². The number of amides is 2. The first-order valence-corrected chi connectivity index (χ1v) is 12.3. The van der Waals surface area contributed by atoms with Crippen LogP contribution in [-0.4, -0.2) is 39.1 Å². The summed E-state index contributed by atoms with van der Waals surface area (Å²) in [7, 11) is 0. The Hall–Kier alpha value is -4.04. The SMILES string of the molecule is CC(n1nc(-c2ccc(CC(=O)Nc3cc(C4CC5(C(F)(F)F)CCC45)no3)cc2)c(C(N)=O)c1N)C(F)(F)F. The number of aromatic nitrogens is 3. The molecule has 0 bridgehead atoms. The van der Waals surface area contributed by atoms with Crippen molar-refractivity contribution in [1.29, 1.82) is 0 Å². The lowest BCUT2D eigenvalue weighted by atomic mass is 9.42. The predicted octanol–water partition coefficient (Wildman–Crippen LogP) is 4.97. The maximum Gasteiger partial charge on any atom is 0.410 e. The molecule has 0 radical (unpaired) electrons. The van der Waals surface area contributed by atoms with Crippen molar-refractivity contribution in [3.63, 3.8) is 0 Å². The van der Waals surface area contributed by atoms with Gasteiger partial charge in [0.15, 0.2) is 0 Å². The van der Waals surface area contributed by atoms with Crippen LogP contribution in [0.1, 0.15) is 59.8 Å². The molecule has 2 amide bonds. The molecule has 4 unspecified atom stereocenters. The highest BCUT2D eigenvalue weighted by atomic mass is 19.4. The van der Waals surface area contributed by atoms with Gasteiger partial charge in [0.1, 0.15) is 23.1 Å². The molecule has 214 valence electrons. The number of nitrogens with zero attached hydrogens (tertiary/aromatic N) is 3. The average molecular weight is 570 g/mol.